The first kappa shape index (κ1) is 12.4. The van der Waals surface area contributed by atoms with E-state index < -0.39 is 19.9 Å². The highest BCUT2D eigenvalue weighted by atomic mass is 79.9. The third-order valence-electron chi connectivity index (χ3n) is 2.12. The van der Waals surface area contributed by atoms with Gasteiger partial charge in [0.1, 0.15) is 5.82 Å². The van der Waals surface area contributed by atoms with Crippen molar-refractivity contribution >= 4 is 35.2 Å². The second-order valence-electron chi connectivity index (χ2n) is 4.34. The van der Waals surface area contributed by atoms with Gasteiger partial charge in [-0.2, -0.15) is 0 Å². The van der Waals surface area contributed by atoms with Gasteiger partial charge in [0.15, 0.2) is 0 Å². The molecule has 1 N–H and O–H groups in total. The van der Waals surface area contributed by atoms with Gasteiger partial charge in [0.25, 0.3) is 0 Å². The first-order valence-corrected chi connectivity index (χ1v) is 8.76. The number of aromatic carboxylic acids is 1. The van der Waals surface area contributed by atoms with Crippen LogP contribution in [-0.4, -0.2) is 19.1 Å². The molecule has 0 saturated carbocycles. The Morgan fingerprint density at radius 1 is 1.40 bits per heavy atom. The fourth-order valence-electron chi connectivity index (χ4n) is 1.29. The number of halogens is 2. The van der Waals surface area contributed by atoms with E-state index in [-0.39, 0.29) is 10.0 Å². The number of carboxylic acid groups (broad SMARTS) is 1. The molecule has 0 aliphatic carbocycles. The molecule has 82 valence electrons. The minimum absolute atomic E-state index is 0.0329. The van der Waals surface area contributed by atoms with Crippen LogP contribution in [0.1, 0.15) is 10.4 Å². The Morgan fingerprint density at radius 3 is 2.33 bits per heavy atom. The maximum absolute atomic E-state index is 13.8. The molecule has 2 nitrogen and oxygen atoms in total. The summed E-state index contributed by atoms with van der Waals surface area (Å²) in [6.07, 6.45) is 0. The Hall–Kier alpha value is -0.683. The molecule has 0 aromatic heterocycles. The van der Waals surface area contributed by atoms with Gasteiger partial charge in [-0.3, -0.25) is 0 Å². The SMILES string of the molecule is C[Si](C)(C)c1ccc(C(=O)O)c(Br)c1F. The smallest absolute Gasteiger partial charge is 0.336 e. The van der Waals surface area contributed by atoms with Crippen molar-refractivity contribution in [2.45, 2.75) is 19.6 Å². The second-order valence-corrected chi connectivity index (χ2v) is 10.2. The van der Waals surface area contributed by atoms with Crippen molar-refractivity contribution in [3.63, 3.8) is 0 Å². The summed E-state index contributed by atoms with van der Waals surface area (Å²) in [5.74, 6) is -1.56. The highest BCUT2D eigenvalue weighted by Crippen LogP contribution is 2.21. The molecule has 0 aliphatic rings. The van der Waals surface area contributed by atoms with Crippen LogP contribution in [0.15, 0.2) is 16.6 Å². The van der Waals surface area contributed by atoms with Crippen LogP contribution >= 0.6 is 15.9 Å². The molecule has 0 unspecified atom stereocenters. The molecule has 1 aromatic carbocycles. The Balaban J connectivity index is 3.41. The fraction of sp³-hybridized carbons (Fsp3) is 0.300. The molecule has 15 heavy (non-hydrogen) atoms. The molecule has 5 heteroatoms. The van der Waals surface area contributed by atoms with Gasteiger partial charge in [0, 0.05) is 0 Å². The zero-order valence-electron chi connectivity index (χ0n) is 8.77. The monoisotopic (exact) mass is 290 g/mol. The third kappa shape index (κ3) is 2.46. The predicted octanol–water partition coefficient (Wildman–Crippen LogP) is 2.83. The molecule has 1 aromatic rings. The lowest BCUT2D eigenvalue weighted by Gasteiger charge is -2.18. The predicted molar refractivity (Wildman–Crippen MR) is 64.0 cm³/mol. The number of hydrogen-bond acceptors (Lipinski definition) is 1. The van der Waals surface area contributed by atoms with E-state index in [4.69, 9.17) is 5.11 Å². The van der Waals surface area contributed by atoms with E-state index in [1.165, 1.54) is 6.07 Å². The molecule has 0 spiro atoms. The summed E-state index contributed by atoms with van der Waals surface area (Å²) in [5, 5.41) is 9.44. The van der Waals surface area contributed by atoms with Crippen molar-refractivity contribution < 1.29 is 14.3 Å². The Kier molecular flexibility index (Phi) is 3.35. The number of rotatable bonds is 2. The van der Waals surface area contributed by atoms with Gasteiger partial charge in [-0.25, -0.2) is 9.18 Å². The minimum atomic E-state index is -1.76. The summed E-state index contributed by atoms with van der Waals surface area (Å²) in [6, 6.07) is 3.03. The lowest BCUT2D eigenvalue weighted by Crippen LogP contribution is -2.40. The fourth-order valence-corrected chi connectivity index (χ4v) is 3.36. The largest absolute Gasteiger partial charge is 0.478 e. The van der Waals surface area contributed by atoms with E-state index in [0.717, 1.165) is 0 Å². The van der Waals surface area contributed by atoms with Crippen molar-refractivity contribution in [2.75, 3.05) is 0 Å². The lowest BCUT2D eigenvalue weighted by atomic mass is 10.2. The summed E-state index contributed by atoms with van der Waals surface area (Å²) in [7, 11) is -1.76. The first-order chi connectivity index (χ1) is 6.75. The maximum Gasteiger partial charge on any atom is 0.336 e. The van der Waals surface area contributed by atoms with Gasteiger partial charge in [0.05, 0.1) is 18.1 Å². The zero-order chi connectivity index (χ0) is 11.8. The highest BCUT2D eigenvalue weighted by molar-refractivity contribution is 9.10. The number of carbonyl (C=O) groups is 1. The van der Waals surface area contributed by atoms with Crippen LogP contribution in [0.25, 0.3) is 0 Å². The average Bonchev–Trinajstić information content (AvgIpc) is 2.06. The van der Waals surface area contributed by atoms with Gasteiger partial charge < -0.3 is 5.11 Å². The number of benzene rings is 1. The van der Waals surface area contributed by atoms with Crippen molar-refractivity contribution in [1.82, 2.24) is 0 Å². The molecule has 0 radical (unpaired) electrons. The molecule has 0 fully saturated rings. The van der Waals surface area contributed by atoms with Crippen LogP contribution in [0, 0.1) is 5.82 Å². The highest BCUT2D eigenvalue weighted by Gasteiger charge is 2.24. The van der Waals surface area contributed by atoms with Gasteiger partial charge in [-0.05, 0) is 27.2 Å². The second kappa shape index (κ2) is 4.06. The van der Waals surface area contributed by atoms with Crippen molar-refractivity contribution in [1.29, 1.82) is 0 Å². The summed E-state index contributed by atoms with van der Waals surface area (Å²) in [4.78, 5) is 10.7. The summed E-state index contributed by atoms with van der Waals surface area (Å²) in [6.45, 7) is 6.04. The first-order valence-electron chi connectivity index (χ1n) is 4.47. The van der Waals surface area contributed by atoms with E-state index in [1.807, 2.05) is 19.6 Å². The van der Waals surface area contributed by atoms with Crippen LogP contribution in [0.4, 0.5) is 4.39 Å². The van der Waals surface area contributed by atoms with E-state index in [9.17, 15) is 9.18 Å². The van der Waals surface area contributed by atoms with Gasteiger partial charge in [-0.15, -0.1) is 0 Å². The van der Waals surface area contributed by atoms with Crippen LogP contribution in [0.3, 0.4) is 0 Å². The Labute approximate surface area is 97.3 Å². The van der Waals surface area contributed by atoms with Crippen LogP contribution in [-0.2, 0) is 0 Å². The third-order valence-corrected chi connectivity index (χ3v) is 4.90. The van der Waals surface area contributed by atoms with E-state index in [1.54, 1.807) is 6.07 Å². The number of hydrogen-bond donors (Lipinski definition) is 1. The molecule has 0 saturated heterocycles. The standard InChI is InChI=1S/C10H12BrFO2Si/c1-15(2,3)7-5-4-6(10(13)14)8(11)9(7)12/h4-5H,1-3H3,(H,13,14). The maximum atomic E-state index is 13.8. The van der Waals surface area contributed by atoms with Gasteiger partial charge >= 0.3 is 5.97 Å². The average molecular weight is 291 g/mol. The molecule has 0 atom stereocenters. The quantitative estimate of drug-likeness (QED) is 0.851. The molecule has 0 heterocycles. The van der Waals surface area contributed by atoms with Gasteiger partial charge in [-0.1, -0.05) is 25.7 Å². The van der Waals surface area contributed by atoms with Crippen molar-refractivity contribution in [3.8, 4) is 0 Å². The number of carboxylic acids is 1. The molecule has 0 bridgehead atoms. The van der Waals surface area contributed by atoms with Crippen LogP contribution in [0.5, 0.6) is 0 Å². The summed E-state index contributed by atoms with van der Waals surface area (Å²) >= 11 is 2.99. The van der Waals surface area contributed by atoms with Crippen LogP contribution in [0.2, 0.25) is 19.6 Å². The van der Waals surface area contributed by atoms with Crippen molar-refractivity contribution in [2.24, 2.45) is 0 Å². The van der Waals surface area contributed by atoms with Gasteiger partial charge in [0.2, 0.25) is 0 Å². The molecule has 0 aliphatic heterocycles. The molecular formula is C10H12BrFO2Si. The molecule has 0 amide bonds. The molecule has 1 rings (SSSR count). The topological polar surface area (TPSA) is 37.3 Å². The lowest BCUT2D eigenvalue weighted by molar-refractivity contribution is 0.0695. The van der Waals surface area contributed by atoms with Crippen molar-refractivity contribution in [3.05, 3.63) is 28.0 Å². The molecular weight excluding hydrogens is 279 g/mol. The minimum Gasteiger partial charge on any atom is -0.478 e. The van der Waals surface area contributed by atoms with E-state index >= 15 is 0 Å². The normalized spacial score (nSPS) is 11.5. The Morgan fingerprint density at radius 2 is 1.93 bits per heavy atom. The summed E-state index contributed by atoms with van der Waals surface area (Å²) in [5.41, 5.74) is -0.0329. The van der Waals surface area contributed by atoms with E-state index in [0.29, 0.717) is 5.19 Å². The van der Waals surface area contributed by atoms with Crippen LogP contribution < -0.4 is 5.19 Å². The zero-order valence-corrected chi connectivity index (χ0v) is 11.4. The van der Waals surface area contributed by atoms with E-state index in [2.05, 4.69) is 15.9 Å². The summed E-state index contributed by atoms with van der Waals surface area (Å²) < 4.78 is 13.9. The Bertz CT molecular complexity index is 413.